The van der Waals surface area contributed by atoms with Crippen molar-refractivity contribution in [2.45, 2.75) is 33.1 Å². The number of esters is 1. The van der Waals surface area contributed by atoms with Gasteiger partial charge in [-0.15, -0.1) is 0 Å². The first-order valence-corrected chi connectivity index (χ1v) is 6.57. The third kappa shape index (κ3) is 5.82. The third-order valence-corrected chi connectivity index (χ3v) is 2.74. The second-order valence-electron chi connectivity index (χ2n) is 4.09. The maximum absolute atomic E-state index is 11.4. The number of aryl methyl sites for hydroxylation is 2. The van der Waals surface area contributed by atoms with E-state index in [2.05, 4.69) is 31.2 Å². The van der Waals surface area contributed by atoms with Gasteiger partial charge in [-0.25, -0.2) is 0 Å². The van der Waals surface area contributed by atoms with Crippen molar-refractivity contribution < 1.29 is 14.3 Å². The minimum Gasteiger partial charge on any atom is -0.463 e. The van der Waals surface area contributed by atoms with E-state index in [1.54, 1.807) is 0 Å². The van der Waals surface area contributed by atoms with Crippen molar-refractivity contribution in [2.75, 3.05) is 19.8 Å². The third-order valence-electron chi connectivity index (χ3n) is 2.74. The highest BCUT2D eigenvalue weighted by Gasteiger charge is 2.03. The summed E-state index contributed by atoms with van der Waals surface area (Å²) in [4.78, 5) is 11.4. The predicted octanol–water partition coefficient (Wildman–Crippen LogP) is 2.76. The number of ether oxygens (including phenoxy) is 2. The Bertz CT molecular complexity index is 343. The Kier molecular flexibility index (Phi) is 7.11. The molecule has 1 aromatic carbocycles. The quantitative estimate of drug-likeness (QED) is 0.525. The van der Waals surface area contributed by atoms with Gasteiger partial charge in [0.15, 0.2) is 0 Å². The molecule has 0 aliphatic carbocycles. The first-order chi connectivity index (χ1) is 8.76. The van der Waals surface area contributed by atoms with Crippen LogP contribution in [0.25, 0.3) is 0 Å². The van der Waals surface area contributed by atoms with Crippen molar-refractivity contribution in [1.82, 2.24) is 0 Å². The zero-order valence-corrected chi connectivity index (χ0v) is 11.3. The summed E-state index contributed by atoms with van der Waals surface area (Å²) in [6, 6.07) is 8.37. The molecular weight excluding hydrogens is 228 g/mol. The Hall–Kier alpha value is -1.35. The second kappa shape index (κ2) is 8.70. The van der Waals surface area contributed by atoms with Crippen molar-refractivity contribution >= 4 is 5.97 Å². The van der Waals surface area contributed by atoms with Crippen LogP contribution in [0.3, 0.4) is 0 Å². The molecule has 0 saturated carbocycles. The van der Waals surface area contributed by atoms with Crippen LogP contribution < -0.4 is 0 Å². The van der Waals surface area contributed by atoms with Crippen LogP contribution in [0.15, 0.2) is 24.3 Å². The molecule has 1 aromatic rings. The largest absolute Gasteiger partial charge is 0.463 e. The van der Waals surface area contributed by atoms with Crippen molar-refractivity contribution in [2.24, 2.45) is 0 Å². The van der Waals surface area contributed by atoms with Gasteiger partial charge in [0.25, 0.3) is 0 Å². The van der Waals surface area contributed by atoms with E-state index < -0.39 is 0 Å². The molecule has 18 heavy (non-hydrogen) atoms. The molecule has 100 valence electrons. The fourth-order valence-corrected chi connectivity index (χ4v) is 1.62. The maximum atomic E-state index is 11.4. The minimum atomic E-state index is -0.158. The number of hydrogen-bond acceptors (Lipinski definition) is 3. The van der Waals surface area contributed by atoms with Crippen LogP contribution in [0.1, 0.15) is 31.4 Å². The number of hydrogen-bond donors (Lipinski definition) is 0. The average Bonchev–Trinajstić information content (AvgIpc) is 2.42. The zero-order chi connectivity index (χ0) is 13.2. The summed E-state index contributed by atoms with van der Waals surface area (Å²) in [5.74, 6) is -0.158. The molecule has 0 aliphatic rings. The Labute approximate surface area is 109 Å². The molecule has 3 nitrogen and oxygen atoms in total. The lowest BCUT2D eigenvalue weighted by atomic mass is 10.1. The summed E-state index contributed by atoms with van der Waals surface area (Å²) in [6.45, 7) is 5.53. The standard InChI is InChI=1S/C15H22O3/c1-3-13-5-7-14(8-6-13)9-10-15(16)18-12-11-17-4-2/h5-8H,3-4,9-12H2,1-2H3. The summed E-state index contributed by atoms with van der Waals surface area (Å²) in [5.41, 5.74) is 2.49. The van der Waals surface area contributed by atoms with E-state index in [9.17, 15) is 4.79 Å². The van der Waals surface area contributed by atoms with Crippen LogP contribution in [-0.2, 0) is 27.1 Å². The van der Waals surface area contributed by atoms with Gasteiger partial charge in [-0.3, -0.25) is 4.79 Å². The SMILES string of the molecule is CCOCCOC(=O)CCc1ccc(CC)cc1. The number of carbonyl (C=O) groups excluding carboxylic acids is 1. The highest BCUT2D eigenvalue weighted by molar-refractivity contribution is 5.69. The van der Waals surface area contributed by atoms with E-state index in [0.717, 1.165) is 12.8 Å². The molecular formula is C15H22O3. The summed E-state index contributed by atoms with van der Waals surface area (Å²) >= 11 is 0. The van der Waals surface area contributed by atoms with E-state index in [1.165, 1.54) is 11.1 Å². The molecule has 3 heteroatoms. The lowest BCUT2D eigenvalue weighted by Crippen LogP contribution is -2.11. The van der Waals surface area contributed by atoms with Gasteiger partial charge in [-0.1, -0.05) is 31.2 Å². The van der Waals surface area contributed by atoms with E-state index >= 15 is 0 Å². The van der Waals surface area contributed by atoms with Crippen LogP contribution >= 0.6 is 0 Å². The van der Waals surface area contributed by atoms with Crippen LogP contribution in [0.4, 0.5) is 0 Å². The molecule has 0 amide bonds. The predicted molar refractivity (Wildman–Crippen MR) is 71.6 cm³/mol. The lowest BCUT2D eigenvalue weighted by Gasteiger charge is -2.05. The second-order valence-corrected chi connectivity index (χ2v) is 4.09. The molecule has 0 unspecified atom stereocenters. The Balaban J connectivity index is 2.20. The molecule has 0 aliphatic heterocycles. The van der Waals surface area contributed by atoms with Crippen molar-refractivity contribution in [3.63, 3.8) is 0 Å². The molecule has 0 spiro atoms. The van der Waals surface area contributed by atoms with Crippen LogP contribution in [0.5, 0.6) is 0 Å². The molecule has 0 bridgehead atoms. The van der Waals surface area contributed by atoms with Gasteiger partial charge in [0, 0.05) is 13.0 Å². The van der Waals surface area contributed by atoms with Gasteiger partial charge >= 0.3 is 5.97 Å². The van der Waals surface area contributed by atoms with Gasteiger partial charge in [0.05, 0.1) is 6.61 Å². The summed E-state index contributed by atoms with van der Waals surface area (Å²) in [5, 5.41) is 0. The smallest absolute Gasteiger partial charge is 0.306 e. The first-order valence-electron chi connectivity index (χ1n) is 6.57. The van der Waals surface area contributed by atoms with Gasteiger partial charge < -0.3 is 9.47 Å². The van der Waals surface area contributed by atoms with Crippen LogP contribution in [0, 0.1) is 0 Å². The molecule has 0 radical (unpaired) electrons. The van der Waals surface area contributed by atoms with Crippen LogP contribution in [-0.4, -0.2) is 25.8 Å². The summed E-state index contributed by atoms with van der Waals surface area (Å²) in [7, 11) is 0. The number of benzene rings is 1. The lowest BCUT2D eigenvalue weighted by molar-refractivity contribution is -0.145. The van der Waals surface area contributed by atoms with E-state index in [-0.39, 0.29) is 5.97 Å². The highest BCUT2D eigenvalue weighted by atomic mass is 16.6. The first kappa shape index (κ1) is 14.7. The average molecular weight is 250 g/mol. The maximum Gasteiger partial charge on any atom is 0.306 e. The van der Waals surface area contributed by atoms with Crippen LogP contribution in [0.2, 0.25) is 0 Å². The molecule has 0 saturated heterocycles. The topological polar surface area (TPSA) is 35.5 Å². The zero-order valence-electron chi connectivity index (χ0n) is 11.3. The molecule has 0 fully saturated rings. The number of carbonyl (C=O) groups is 1. The molecule has 1 rings (SSSR count). The Morgan fingerprint density at radius 1 is 1.06 bits per heavy atom. The van der Waals surface area contributed by atoms with Gasteiger partial charge in [-0.05, 0) is 30.9 Å². The fraction of sp³-hybridized carbons (Fsp3) is 0.533. The van der Waals surface area contributed by atoms with Gasteiger partial charge in [0.1, 0.15) is 6.61 Å². The highest BCUT2D eigenvalue weighted by Crippen LogP contribution is 2.07. The Morgan fingerprint density at radius 3 is 2.33 bits per heavy atom. The van der Waals surface area contributed by atoms with Gasteiger partial charge in [-0.2, -0.15) is 0 Å². The summed E-state index contributed by atoms with van der Waals surface area (Å²) < 4.78 is 10.1. The number of rotatable bonds is 8. The fourth-order valence-electron chi connectivity index (χ4n) is 1.62. The van der Waals surface area contributed by atoms with Gasteiger partial charge in [0.2, 0.25) is 0 Å². The normalized spacial score (nSPS) is 10.3. The van der Waals surface area contributed by atoms with Crippen molar-refractivity contribution in [1.29, 1.82) is 0 Å². The monoisotopic (exact) mass is 250 g/mol. The van der Waals surface area contributed by atoms with Crippen molar-refractivity contribution in [3.8, 4) is 0 Å². The molecule has 0 heterocycles. The summed E-state index contributed by atoms with van der Waals surface area (Å²) in [6.07, 6.45) is 2.20. The molecule has 0 N–H and O–H groups in total. The molecule has 0 aromatic heterocycles. The Morgan fingerprint density at radius 2 is 1.72 bits per heavy atom. The van der Waals surface area contributed by atoms with E-state index in [1.807, 2.05) is 6.92 Å². The van der Waals surface area contributed by atoms with E-state index in [0.29, 0.717) is 26.2 Å². The minimum absolute atomic E-state index is 0.158. The molecule has 0 atom stereocenters. The van der Waals surface area contributed by atoms with E-state index in [4.69, 9.17) is 9.47 Å². The van der Waals surface area contributed by atoms with Crippen molar-refractivity contribution in [3.05, 3.63) is 35.4 Å².